The van der Waals surface area contributed by atoms with Crippen molar-refractivity contribution in [1.29, 1.82) is 0 Å². The largest absolute Gasteiger partial charge is 0.373 e. The van der Waals surface area contributed by atoms with Crippen LogP contribution in [0.25, 0.3) is 0 Å². The Labute approximate surface area is 117 Å². The number of carbonyl (C=O) groups excluding carboxylic acids is 1. The van der Waals surface area contributed by atoms with Crippen LogP contribution >= 0.6 is 11.6 Å². The molecule has 0 bridgehead atoms. The van der Waals surface area contributed by atoms with Gasteiger partial charge in [-0.15, -0.1) is 0 Å². The molecule has 0 radical (unpaired) electrons. The van der Waals surface area contributed by atoms with Crippen LogP contribution in [0.15, 0.2) is 12.1 Å². The molecule has 1 aromatic carbocycles. The van der Waals surface area contributed by atoms with E-state index in [-0.39, 0.29) is 5.91 Å². The molecule has 3 unspecified atom stereocenters. The summed E-state index contributed by atoms with van der Waals surface area (Å²) in [5.74, 6) is 1.40. The molecule has 1 aromatic rings. The summed E-state index contributed by atoms with van der Waals surface area (Å²) in [6.45, 7) is 3.27. The molecule has 1 aliphatic heterocycles. The lowest BCUT2D eigenvalue weighted by molar-refractivity contribution is -0.116. The highest BCUT2D eigenvalue weighted by molar-refractivity contribution is 6.33. The second-order valence-electron chi connectivity index (χ2n) is 5.71. The fourth-order valence-corrected chi connectivity index (χ4v) is 3.01. The molecule has 3 rings (SSSR count). The summed E-state index contributed by atoms with van der Waals surface area (Å²) in [6, 6.07) is 3.13. The molecule has 0 saturated heterocycles. The maximum atomic E-state index is 11.6. The Bertz CT molecular complexity index is 546. The van der Waals surface area contributed by atoms with Crippen LogP contribution in [0.1, 0.15) is 24.9 Å². The number of amides is 1. The number of hydrogen-bond donors (Lipinski definition) is 2. The van der Waals surface area contributed by atoms with Gasteiger partial charge in [0.05, 0.1) is 10.7 Å². The zero-order chi connectivity index (χ0) is 13.7. The Morgan fingerprint density at radius 2 is 2.21 bits per heavy atom. The summed E-state index contributed by atoms with van der Waals surface area (Å²) < 4.78 is 0. The van der Waals surface area contributed by atoms with Crippen LogP contribution in [-0.4, -0.2) is 19.5 Å². The van der Waals surface area contributed by atoms with Crippen LogP contribution in [0.3, 0.4) is 0 Å². The molecule has 5 heteroatoms. The van der Waals surface area contributed by atoms with E-state index in [1.165, 1.54) is 6.42 Å². The number of anilines is 2. The first-order chi connectivity index (χ1) is 8.97. The summed E-state index contributed by atoms with van der Waals surface area (Å²) in [6.07, 6.45) is 1.29. The minimum absolute atomic E-state index is 0.165. The number of nitrogens with zero attached hydrogens (tertiary/aromatic N) is 1. The quantitative estimate of drug-likeness (QED) is 0.893. The molecule has 1 saturated carbocycles. The zero-order valence-corrected chi connectivity index (χ0v) is 11.9. The van der Waals surface area contributed by atoms with Gasteiger partial charge in [0.25, 0.3) is 0 Å². The van der Waals surface area contributed by atoms with Crippen LogP contribution in [0, 0.1) is 11.8 Å². The molecule has 19 heavy (non-hydrogen) atoms. The molecule has 1 fully saturated rings. The number of nitrogens with two attached hydrogens (primary N) is 1. The van der Waals surface area contributed by atoms with E-state index in [1.54, 1.807) is 0 Å². The van der Waals surface area contributed by atoms with Gasteiger partial charge in [-0.25, -0.2) is 0 Å². The van der Waals surface area contributed by atoms with Gasteiger partial charge in [-0.3, -0.25) is 4.79 Å². The van der Waals surface area contributed by atoms with Crippen molar-refractivity contribution in [3.8, 4) is 0 Å². The summed E-state index contributed by atoms with van der Waals surface area (Å²) in [5.41, 5.74) is 8.33. The molecule has 0 aromatic heterocycles. The third kappa shape index (κ3) is 2.19. The first-order valence-corrected chi connectivity index (χ1v) is 6.96. The van der Waals surface area contributed by atoms with E-state index < -0.39 is 6.04 Å². The van der Waals surface area contributed by atoms with Crippen molar-refractivity contribution >= 4 is 28.9 Å². The lowest BCUT2D eigenvalue weighted by atomic mass is 10.1. The maximum Gasteiger partial charge on any atom is 0.245 e. The van der Waals surface area contributed by atoms with E-state index in [0.717, 1.165) is 35.3 Å². The molecule has 2 aliphatic rings. The van der Waals surface area contributed by atoms with Crippen LogP contribution < -0.4 is 16.0 Å². The van der Waals surface area contributed by atoms with E-state index in [4.69, 9.17) is 17.3 Å². The van der Waals surface area contributed by atoms with Gasteiger partial charge in [-0.1, -0.05) is 18.5 Å². The van der Waals surface area contributed by atoms with Gasteiger partial charge in [0, 0.05) is 24.8 Å². The lowest BCUT2D eigenvalue weighted by Crippen LogP contribution is -2.21. The Hall–Kier alpha value is -1.26. The molecule has 1 amide bonds. The Kier molecular flexibility index (Phi) is 2.95. The smallest absolute Gasteiger partial charge is 0.245 e. The third-order valence-electron chi connectivity index (χ3n) is 4.19. The van der Waals surface area contributed by atoms with Crippen molar-refractivity contribution in [2.45, 2.75) is 19.4 Å². The van der Waals surface area contributed by atoms with E-state index >= 15 is 0 Å². The Morgan fingerprint density at radius 3 is 2.84 bits per heavy atom. The van der Waals surface area contributed by atoms with Crippen LogP contribution in [0.4, 0.5) is 11.4 Å². The van der Waals surface area contributed by atoms with E-state index in [1.807, 2.05) is 19.2 Å². The third-order valence-corrected chi connectivity index (χ3v) is 4.49. The van der Waals surface area contributed by atoms with Crippen LogP contribution in [0.5, 0.6) is 0 Å². The molecule has 3 atom stereocenters. The second-order valence-corrected chi connectivity index (χ2v) is 6.12. The van der Waals surface area contributed by atoms with Crippen molar-refractivity contribution in [2.75, 3.05) is 23.8 Å². The molecule has 102 valence electrons. The van der Waals surface area contributed by atoms with Crippen molar-refractivity contribution in [3.05, 3.63) is 22.7 Å². The van der Waals surface area contributed by atoms with Gasteiger partial charge in [0.2, 0.25) is 5.91 Å². The number of carbonyl (C=O) groups is 1. The van der Waals surface area contributed by atoms with E-state index in [0.29, 0.717) is 5.02 Å². The predicted octanol–water partition coefficient (Wildman–Crippen LogP) is 2.38. The first kappa shape index (κ1) is 12.8. The SMILES string of the molecule is CC1CC1CN(C)c1cc2c(cc1Cl)C(N)C(=O)N2. The summed E-state index contributed by atoms with van der Waals surface area (Å²) >= 11 is 6.32. The average molecular weight is 280 g/mol. The fraction of sp³-hybridized carbons (Fsp3) is 0.500. The maximum absolute atomic E-state index is 11.6. The number of halogens is 1. The topological polar surface area (TPSA) is 58.4 Å². The van der Waals surface area contributed by atoms with Crippen molar-refractivity contribution < 1.29 is 4.79 Å². The average Bonchev–Trinajstić information content (AvgIpc) is 2.97. The lowest BCUT2D eigenvalue weighted by Gasteiger charge is -2.21. The first-order valence-electron chi connectivity index (χ1n) is 6.58. The summed E-state index contributed by atoms with van der Waals surface area (Å²) in [7, 11) is 2.04. The number of rotatable bonds is 3. The van der Waals surface area contributed by atoms with Gasteiger partial charge in [0.15, 0.2) is 0 Å². The highest BCUT2D eigenvalue weighted by Gasteiger charge is 2.34. The highest BCUT2D eigenvalue weighted by atomic mass is 35.5. The Morgan fingerprint density at radius 1 is 1.53 bits per heavy atom. The summed E-state index contributed by atoms with van der Waals surface area (Å²) in [4.78, 5) is 13.7. The number of benzene rings is 1. The minimum atomic E-state index is -0.602. The van der Waals surface area contributed by atoms with Gasteiger partial charge in [-0.2, -0.15) is 0 Å². The van der Waals surface area contributed by atoms with Crippen molar-refractivity contribution in [2.24, 2.45) is 17.6 Å². The fourth-order valence-electron chi connectivity index (χ4n) is 2.69. The molecule has 4 nitrogen and oxygen atoms in total. The van der Waals surface area contributed by atoms with Gasteiger partial charge < -0.3 is 16.0 Å². The number of nitrogens with one attached hydrogen (secondary N) is 1. The molecule has 1 aliphatic carbocycles. The van der Waals surface area contributed by atoms with Crippen LogP contribution in [-0.2, 0) is 4.79 Å². The van der Waals surface area contributed by atoms with Crippen molar-refractivity contribution in [1.82, 2.24) is 0 Å². The molecule has 0 spiro atoms. The van der Waals surface area contributed by atoms with Gasteiger partial charge in [0.1, 0.15) is 6.04 Å². The molecular weight excluding hydrogens is 262 g/mol. The predicted molar refractivity (Wildman–Crippen MR) is 77.6 cm³/mol. The Balaban J connectivity index is 1.87. The van der Waals surface area contributed by atoms with Crippen molar-refractivity contribution in [3.63, 3.8) is 0 Å². The highest BCUT2D eigenvalue weighted by Crippen LogP contribution is 2.41. The summed E-state index contributed by atoms with van der Waals surface area (Å²) in [5, 5.41) is 3.45. The number of hydrogen-bond acceptors (Lipinski definition) is 3. The normalized spacial score (nSPS) is 28.0. The van der Waals surface area contributed by atoms with E-state index in [9.17, 15) is 4.79 Å². The molecule has 1 heterocycles. The van der Waals surface area contributed by atoms with Gasteiger partial charge in [-0.05, 0) is 30.4 Å². The number of fused-ring (bicyclic) bond motifs is 1. The zero-order valence-electron chi connectivity index (χ0n) is 11.1. The van der Waals surface area contributed by atoms with E-state index in [2.05, 4.69) is 17.1 Å². The monoisotopic (exact) mass is 279 g/mol. The standard InChI is InChI=1S/C14H18ClN3O/c1-7-3-8(7)6-18(2)12-5-11-9(4-10(12)15)13(16)14(19)17-11/h4-5,7-8,13H,3,6,16H2,1-2H3,(H,17,19). The minimum Gasteiger partial charge on any atom is -0.373 e. The van der Waals surface area contributed by atoms with Crippen LogP contribution in [0.2, 0.25) is 5.02 Å². The molecular formula is C14H18ClN3O. The molecule has 3 N–H and O–H groups in total. The second kappa shape index (κ2) is 4.39. The van der Waals surface area contributed by atoms with Gasteiger partial charge >= 0.3 is 0 Å².